The monoisotopic (exact) mass is 1350 g/mol. The van der Waals surface area contributed by atoms with E-state index < -0.39 is 124 Å². The molecule has 0 aromatic rings. The van der Waals surface area contributed by atoms with Gasteiger partial charge < -0.3 is 89.9 Å². The molecule has 17 atom stereocenters. The highest BCUT2D eigenvalue weighted by atomic mass is 16.8. The zero-order valence-corrected chi connectivity index (χ0v) is 59.2. The lowest BCUT2D eigenvalue weighted by Crippen LogP contribution is -2.66. The lowest BCUT2D eigenvalue weighted by molar-refractivity contribution is -0.379. The number of unbranched alkanes of at least 4 members (excludes halogenated alkanes) is 38. The van der Waals surface area contributed by atoms with Crippen LogP contribution in [0.2, 0.25) is 0 Å². The van der Waals surface area contributed by atoms with Crippen molar-refractivity contribution in [2.75, 3.05) is 26.4 Å². The van der Waals surface area contributed by atoms with Crippen LogP contribution in [0, 0.1) is 0 Å². The Morgan fingerprint density at radius 2 is 0.674 bits per heavy atom. The summed E-state index contributed by atoms with van der Waals surface area (Å²) in [5.41, 5.74) is 0. The van der Waals surface area contributed by atoms with Gasteiger partial charge in [0, 0.05) is 6.42 Å². The minimum absolute atomic E-state index is 0.230. The zero-order valence-electron chi connectivity index (χ0n) is 59.2. The summed E-state index contributed by atoms with van der Waals surface area (Å²) in [7, 11) is 0. The molecule has 0 radical (unpaired) electrons. The van der Waals surface area contributed by atoms with Crippen molar-refractivity contribution in [3.8, 4) is 0 Å². The van der Waals surface area contributed by atoms with Gasteiger partial charge >= 0.3 is 0 Å². The van der Waals surface area contributed by atoms with Crippen molar-refractivity contribution in [1.29, 1.82) is 0 Å². The second-order valence-electron chi connectivity index (χ2n) is 27.4. The van der Waals surface area contributed by atoms with Gasteiger partial charge in [0.2, 0.25) is 5.91 Å². The third-order valence-electron chi connectivity index (χ3n) is 19.1. The molecule has 0 aromatic carbocycles. The molecule has 0 bridgehead atoms. The molecule has 17 unspecified atom stereocenters. The minimum Gasteiger partial charge on any atom is -0.394 e. The van der Waals surface area contributed by atoms with Crippen molar-refractivity contribution in [2.45, 2.75) is 401 Å². The van der Waals surface area contributed by atoms with Crippen LogP contribution in [-0.2, 0) is 33.2 Å². The van der Waals surface area contributed by atoms with Crippen molar-refractivity contribution >= 4 is 5.91 Å². The van der Waals surface area contributed by atoms with Crippen LogP contribution in [0.4, 0.5) is 0 Å². The summed E-state index contributed by atoms with van der Waals surface area (Å²) in [6.45, 7) is 1.74. The molecule has 3 fully saturated rings. The molecule has 12 N–H and O–H groups in total. The van der Waals surface area contributed by atoms with E-state index in [2.05, 4.69) is 55.6 Å². The predicted octanol–water partition coefficient (Wildman–Crippen LogP) is 11.7. The fourth-order valence-corrected chi connectivity index (χ4v) is 12.9. The van der Waals surface area contributed by atoms with E-state index in [1.807, 2.05) is 6.08 Å². The van der Waals surface area contributed by atoms with Crippen LogP contribution in [-0.4, -0.2) is 193 Å². The SMILES string of the molecule is CCCCCCCCCC/C=C\CCCCCCCCCCCC(=O)NC(COC1OC(CO)C(OC2OC(CO)C(OC3OC(CO)C(O)C(O)C3O)C(O)C2O)C(O)C1O)C(O)/C=C/CC/C=C/CC/C=C/CCCCCCCCCCCCCCCCCCCCC. The number of rotatable bonds is 60. The molecule has 3 rings (SSSR count). The Morgan fingerprint density at radius 1 is 0.368 bits per heavy atom. The largest absolute Gasteiger partial charge is 0.394 e. The first-order chi connectivity index (χ1) is 46.3. The maximum Gasteiger partial charge on any atom is 0.220 e. The third-order valence-corrected chi connectivity index (χ3v) is 19.1. The first kappa shape index (κ1) is 87.0. The van der Waals surface area contributed by atoms with E-state index in [9.17, 15) is 61.0 Å². The van der Waals surface area contributed by atoms with Gasteiger partial charge in [-0.3, -0.25) is 4.79 Å². The molecule has 95 heavy (non-hydrogen) atoms. The van der Waals surface area contributed by atoms with E-state index in [0.717, 1.165) is 57.8 Å². The molecule has 0 saturated carbocycles. The Hall–Kier alpha value is -2.25. The smallest absolute Gasteiger partial charge is 0.220 e. The summed E-state index contributed by atoms with van der Waals surface area (Å²) >= 11 is 0. The molecule has 1 amide bonds. The number of nitrogens with one attached hydrogen (secondary N) is 1. The summed E-state index contributed by atoms with van der Waals surface area (Å²) in [6.07, 6.45) is 43.9. The van der Waals surface area contributed by atoms with E-state index in [0.29, 0.717) is 12.8 Å². The summed E-state index contributed by atoms with van der Waals surface area (Å²) in [5.74, 6) is -0.289. The standard InChI is InChI=1S/C76H139NO18/c1-3-5-7-9-11-13-15-17-19-21-23-25-26-27-28-29-30-31-32-34-35-37-39-41-43-45-47-49-51-53-60(81)59(77-64(82)54-52-50-48-46-44-42-40-38-36-33-24-22-20-18-16-14-12-10-8-6-4-2)58-90-74-70(88)67(85)72(62(56-79)92-74)95-76-71(89)68(86)73(63(57-80)93-76)94-75-69(87)66(84)65(83)61(55-78)91-75/h22,24,35,37,43,45,51,53,59-63,65-76,78-81,83-89H,3-21,23,25-34,36,38-42,44,46-50,52,54-58H2,1-2H3,(H,77,82)/b24-22-,37-35+,45-43+,53-51+. The highest BCUT2D eigenvalue weighted by molar-refractivity contribution is 5.76. The summed E-state index contributed by atoms with van der Waals surface area (Å²) < 4.78 is 34.4. The second kappa shape index (κ2) is 57.4. The topological polar surface area (TPSA) is 307 Å². The van der Waals surface area contributed by atoms with Crippen LogP contribution >= 0.6 is 0 Å². The highest BCUT2D eigenvalue weighted by Gasteiger charge is 2.53. The van der Waals surface area contributed by atoms with Crippen molar-refractivity contribution in [1.82, 2.24) is 5.32 Å². The number of allylic oxidation sites excluding steroid dienone is 7. The van der Waals surface area contributed by atoms with Gasteiger partial charge in [0.1, 0.15) is 73.2 Å². The first-order valence-corrected chi connectivity index (χ1v) is 38.4. The van der Waals surface area contributed by atoms with Crippen molar-refractivity contribution in [3.05, 3.63) is 48.6 Å². The molecule has 0 aromatic heterocycles. The zero-order chi connectivity index (χ0) is 68.9. The van der Waals surface area contributed by atoms with Gasteiger partial charge in [-0.15, -0.1) is 0 Å². The van der Waals surface area contributed by atoms with Gasteiger partial charge in [-0.1, -0.05) is 268 Å². The Bertz CT molecular complexity index is 1910. The Kier molecular flexibility index (Phi) is 52.5. The molecule has 19 nitrogen and oxygen atoms in total. The molecular formula is C76H139NO18. The molecule has 556 valence electrons. The van der Waals surface area contributed by atoms with Crippen LogP contribution in [0.1, 0.15) is 296 Å². The fraction of sp³-hybridized carbons (Fsp3) is 0.882. The van der Waals surface area contributed by atoms with E-state index in [-0.39, 0.29) is 18.9 Å². The van der Waals surface area contributed by atoms with Gasteiger partial charge in [-0.05, 0) is 70.6 Å². The summed E-state index contributed by atoms with van der Waals surface area (Å²) in [4.78, 5) is 13.4. The number of ether oxygens (including phenoxy) is 6. The van der Waals surface area contributed by atoms with Crippen LogP contribution in [0.25, 0.3) is 0 Å². The number of amides is 1. The Labute approximate surface area is 573 Å². The molecule has 3 heterocycles. The quantitative estimate of drug-likeness (QED) is 0.0199. The first-order valence-electron chi connectivity index (χ1n) is 38.4. The fourth-order valence-electron chi connectivity index (χ4n) is 12.9. The third kappa shape index (κ3) is 38.4. The predicted molar refractivity (Wildman–Crippen MR) is 374 cm³/mol. The Balaban J connectivity index is 1.42. The molecule has 19 heteroatoms. The molecule has 0 spiro atoms. The number of carbonyl (C=O) groups excluding carboxylic acids is 1. The van der Waals surface area contributed by atoms with Crippen molar-refractivity contribution in [3.63, 3.8) is 0 Å². The van der Waals surface area contributed by atoms with E-state index in [4.69, 9.17) is 28.4 Å². The van der Waals surface area contributed by atoms with Crippen LogP contribution in [0.3, 0.4) is 0 Å². The maximum atomic E-state index is 13.4. The molecule has 0 aliphatic carbocycles. The average molecular weight is 1350 g/mol. The van der Waals surface area contributed by atoms with Crippen LogP contribution < -0.4 is 5.32 Å². The second-order valence-corrected chi connectivity index (χ2v) is 27.4. The minimum atomic E-state index is -1.98. The van der Waals surface area contributed by atoms with Crippen LogP contribution in [0.5, 0.6) is 0 Å². The van der Waals surface area contributed by atoms with Gasteiger partial charge in [0.25, 0.3) is 0 Å². The van der Waals surface area contributed by atoms with Crippen molar-refractivity contribution in [2.24, 2.45) is 0 Å². The lowest BCUT2D eigenvalue weighted by Gasteiger charge is -2.48. The van der Waals surface area contributed by atoms with Crippen LogP contribution in [0.15, 0.2) is 48.6 Å². The number of carbonyl (C=O) groups is 1. The maximum absolute atomic E-state index is 13.4. The number of aliphatic hydroxyl groups excluding tert-OH is 11. The van der Waals surface area contributed by atoms with E-state index in [1.165, 1.54) is 205 Å². The number of hydrogen-bond acceptors (Lipinski definition) is 18. The van der Waals surface area contributed by atoms with Gasteiger partial charge in [0.15, 0.2) is 18.9 Å². The normalized spacial score (nSPS) is 27.4. The molecule has 3 aliphatic rings. The van der Waals surface area contributed by atoms with Gasteiger partial charge in [0.05, 0.1) is 38.6 Å². The Morgan fingerprint density at radius 3 is 1.05 bits per heavy atom. The number of aliphatic hydroxyl groups is 11. The highest BCUT2D eigenvalue weighted by Crippen LogP contribution is 2.33. The molecule has 3 saturated heterocycles. The summed E-state index contributed by atoms with van der Waals surface area (Å²) in [5, 5.41) is 121. The summed E-state index contributed by atoms with van der Waals surface area (Å²) in [6, 6.07) is -0.999. The number of hydrogen-bond donors (Lipinski definition) is 12. The van der Waals surface area contributed by atoms with E-state index in [1.54, 1.807) is 6.08 Å². The molecule has 3 aliphatic heterocycles. The van der Waals surface area contributed by atoms with E-state index >= 15 is 0 Å². The van der Waals surface area contributed by atoms with Gasteiger partial charge in [-0.2, -0.15) is 0 Å². The van der Waals surface area contributed by atoms with Crippen molar-refractivity contribution < 1.29 is 89.4 Å². The average Bonchev–Trinajstić information content (AvgIpc) is 0.787. The van der Waals surface area contributed by atoms with Gasteiger partial charge in [-0.25, -0.2) is 0 Å². The lowest BCUT2D eigenvalue weighted by atomic mass is 9.96. The molecular weight excluding hydrogens is 1210 g/mol.